The molecule has 0 atom stereocenters. The summed E-state index contributed by atoms with van der Waals surface area (Å²) < 4.78 is 12.1. The third kappa shape index (κ3) is 1.49. The molecule has 1 aliphatic heterocycles. The van der Waals surface area contributed by atoms with Crippen molar-refractivity contribution in [3.63, 3.8) is 0 Å². The van der Waals surface area contributed by atoms with Gasteiger partial charge in [0, 0.05) is 4.47 Å². The molecular weight excluding hydrogens is 288 g/mol. The van der Waals surface area contributed by atoms with Crippen LogP contribution in [0.2, 0.25) is 0 Å². The average Bonchev–Trinajstić information content (AvgIpc) is 2.03. The van der Waals surface area contributed by atoms with Gasteiger partial charge in [-0.2, -0.15) is 0 Å². The van der Waals surface area contributed by atoms with Gasteiger partial charge in [-0.1, -0.05) is 15.9 Å². The van der Waals surface area contributed by atoms with Crippen LogP contribution in [0.5, 0.6) is 11.5 Å². The Hall–Kier alpha value is -0.480. The number of halogens is 2. The van der Waals surface area contributed by atoms with E-state index in [-0.39, 0.29) is 0 Å². The number of fused-ring (bicyclic) bond motifs is 1. The van der Waals surface area contributed by atoms with Crippen LogP contribution < -0.4 is 9.47 Å². The molecule has 0 spiro atoms. The molecule has 1 aromatic rings. The minimum absolute atomic E-state index is 0.577. The third-order valence-corrected chi connectivity index (χ3v) is 2.23. The fourth-order valence-electron chi connectivity index (χ4n) is 0.898. The summed E-state index contributed by atoms with van der Waals surface area (Å²) in [5.74, 6) is 1.43. The van der Waals surface area contributed by atoms with E-state index in [9.17, 15) is 0 Å². The molecule has 4 heteroatoms. The quantitative estimate of drug-likeness (QED) is 0.729. The predicted octanol–water partition coefficient (Wildman–Crippen LogP) is 3.41. The lowest BCUT2D eigenvalue weighted by molar-refractivity contribution is 0.354. The van der Waals surface area contributed by atoms with Gasteiger partial charge in [0.2, 0.25) is 4.67 Å². The van der Waals surface area contributed by atoms with E-state index in [4.69, 9.17) is 9.47 Å². The minimum Gasteiger partial charge on any atom is -0.457 e. The van der Waals surface area contributed by atoms with Gasteiger partial charge >= 0.3 is 0 Å². The van der Waals surface area contributed by atoms with Crippen LogP contribution in [0.4, 0.5) is 0 Å². The topological polar surface area (TPSA) is 18.5 Å². The van der Waals surface area contributed by atoms with E-state index >= 15 is 0 Å². The van der Waals surface area contributed by atoms with Crippen molar-refractivity contribution >= 4 is 31.9 Å². The zero-order chi connectivity index (χ0) is 8.55. The highest BCUT2D eigenvalue weighted by Gasteiger charge is 2.11. The molecule has 0 unspecified atom stereocenters. The van der Waals surface area contributed by atoms with Crippen LogP contribution in [0.1, 0.15) is 0 Å². The van der Waals surface area contributed by atoms with Gasteiger partial charge in [0.05, 0.1) is 0 Å². The lowest BCUT2D eigenvalue weighted by atomic mass is 10.3. The molecule has 12 heavy (non-hydrogen) atoms. The zero-order valence-corrected chi connectivity index (χ0v) is 9.05. The second kappa shape index (κ2) is 3.11. The third-order valence-electron chi connectivity index (χ3n) is 1.39. The highest BCUT2D eigenvalue weighted by Crippen LogP contribution is 2.35. The average molecular weight is 292 g/mol. The van der Waals surface area contributed by atoms with Crippen molar-refractivity contribution in [2.75, 3.05) is 0 Å². The normalized spacial score (nSPS) is 14.0. The summed E-state index contributed by atoms with van der Waals surface area (Å²) in [6.45, 7) is 0. The molecule has 0 radical (unpaired) electrons. The summed E-state index contributed by atoms with van der Waals surface area (Å²) in [6, 6.07) is 5.59. The van der Waals surface area contributed by atoms with Crippen LogP contribution in [-0.4, -0.2) is 0 Å². The molecule has 2 nitrogen and oxygen atoms in total. The van der Waals surface area contributed by atoms with Crippen LogP contribution in [0.15, 0.2) is 33.6 Å². The van der Waals surface area contributed by atoms with Crippen molar-refractivity contribution in [2.45, 2.75) is 0 Å². The Morgan fingerprint density at radius 3 is 2.75 bits per heavy atom. The van der Waals surface area contributed by atoms with Gasteiger partial charge in [-0.3, -0.25) is 0 Å². The summed E-state index contributed by atoms with van der Waals surface area (Å²) >= 11 is 6.52. The van der Waals surface area contributed by atoms with Gasteiger partial charge in [-0.05, 0) is 34.1 Å². The van der Waals surface area contributed by atoms with Gasteiger partial charge in [-0.15, -0.1) is 0 Å². The Morgan fingerprint density at radius 1 is 1.08 bits per heavy atom. The van der Waals surface area contributed by atoms with Crippen LogP contribution in [0.25, 0.3) is 0 Å². The standard InChI is InChI=1S/C8H4Br2O2/c9-5-1-2-6-7(3-5)12-8(10)4-11-6/h1-4H. The van der Waals surface area contributed by atoms with Crippen molar-refractivity contribution in [3.8, 4) is 11.5 Å². The van der Waals surface area contributed by atoms with E-state index < -0.39 is 0 Å². The maximum absolute atomic E-state index is 5.34. The van der Waals surface area contributed by atoms with E-state index in [1.807, 2.05) is 18.2 Å². The Balaban J connectivity index is 2.43. The van der Waals surface area contributed by atoms with Crippen molar-refractivity contribution < 1.29 is 9.47 Å². The van der Waals surface area contributed by atoms with Gasteiger partial charge < -0.3 is 9.47 Å². The first-order valence-electron chi connectivity index (χ1n) is 3.25. The molecule has 0 saturated heterocycles. The van der Waals surface area contributed by atoms with Gasteiger partial charge in [0.25, 0.3) is 0 Å². The van der Waals surface area contributed by atoms with Crippen LogP contribution in [0, 0.1) is 0 Å². The SMILES string of the molecule is BrC1=COc2ccc(Br)cc2O1. The number of ether oxygens (including phenoxy) is 2. The monoisotopic (exact) mass is 290 g/mol. The van der Waals surface area contributed by atoms with E-state index in [1.165, 1.54) is 6.26 Å². The first-order chi connectivity index (χ1) is 5.75. The van der Waals surface area contributed by atoms with Crippen molar-refractivity contribution in [2.24, 2.45) is 0 Å². The largest absolute Gasteiger partial charge is 0.457 e. The molecule has 0 aromatic heterocycles. The Bertz CT molecular complexity index is 347. The maximum Gasteiger partial charge on any atom is 0.204 e. The molecule has 1 aromatic carbocycles. The molecule has 0 fully saturated rings. The van der Waals surface area contributed by atoms with Crippen molar-refractivity contribution in [3.05, 3.63) is 33.6 Å². The Kier molecular flexibility index (Phi) is 2.11. The lowest BCUT2D eigenvalue weighted by Crippen LogP contribution is -1.99. The van der Waals surface area contributed by atoms with Crippen LogP contribution in [0.3, 0.4) is 0 Å². The molecule has 0 bridgehead atoms. The molecular formula is C8H4Br2O2. The molecule has 62 valence electrons. The minimum atomic E-state index is 0.577. The molecule has 0 aliphatic carbocycles. The fraction of sp³-hybridized carbons (Fsp3) is 0. The Morgan fingerprint density at radius 2 is 1.92 bits per heavy atom. The second-order valence-corrected chi connectivity index (χ2v) is 3.93. The fourth-order valence-corrected chi connectivity index (χ4v) is 1.51. The summed E-state index contributed by atoms with van der Waals surface area (Å²) in [6.07, 6.45) is 1.51. The molecule has 1 heterocycles. The van der Waals surface area contributed by atoms with E-state index in [1.54, 1.807) is 0 Å². The Labute approximate surface area is 86.4 Å². The first-order valence-corrected chi connectivity index (χ1v) is 4.84. The molecule has 1 aliphatic rings. The zero-order valence-electron chi connectivity index (χ0n) is 5.88. The summed E-state index contributed by atoms with van der Waals surface area (Å²) in [5, 5.41) is 0. The first kappa shape index (κ1) is 8.13. The van der Waals surface area contributed by atoms with Gasteiger partial charge in [0.15, 0.2) is 11.5 Å². The van der Waals surface area contributed by atoms with E-state index in [0.29, 0.717) is 10.4 Å². The highest BCUT2D eigenvalue weighted by molar-refractivity contribution is 9.11. The smallest absolute Gasteiger partial charge is 0.204 e. The van der Waals surface area contributed by atoms with Gasteiger partial charge in [-0.25, -0.2) is 0 Å². The van der Waals surface area contributed by atoms with E-state index in [2.05, 4.69) is 31.9 Å². The van der Waals surface area contributed by atoms with Crippen LogP contribution >= 0.6 is 31.9 Å². The maximum atomic E-state index is 5.34. The molecule has 2 rings (SSSR count). The predicted molar refractivity (Wildman–Crippen MR) is 52.4 cm³/mol. The van der Waals surface area contributed by atoms with Crippen LogP contribution in [-0.2, 0) is 0 Å². The lowest BCUT2D eigenvalue weighted by Gasteiger charge is -2.14. The highest BCUT2D eigenvalue weighted by atomic mass is 79.9. The molecule has 0 N–H and O–H groups in total. The van der Waals surface area contributed by atoms with Gasteiger partial charge in [0.1, 0.15) is 6.26 Å². The number of hydrogen-bond donors (Lipinski definition) is 0. The second-order valence-electron chi connectivity index (χ2n) is 2.23. The number of benzene rings is 1. The number of hydrogen-bond acceptors (Lipinski definition) is 2. The summed E-state index contributed by atoms with van der Waals surface area (Å²) in [4.78, 5) is 0. The summed E-state index contributed by atoms with van der Waals surface area (Å²) in [7, 11) is 0. The van der Waals surface area contributed by atoms with Crippen molar-refractivity contribution in [1.82, 2.24) is 0 Å². The summed E-state index contributed by atoms with van der Waals surface area (Å²) in [5.41, 5.74) is 0. The molecule has 0 amide bonds. The molecule has 0 saturated carbocycles. The van der Waals surface area contributed by atoms with E-state index in [0.717, 1.165) is 10.2 Å². The number of rotatable bonds is 0. The van der Waals surface area contributed by atoms with Crippen molar-refractivity contribution in [1.29, 1.82) is 0 Å².